The molecule has 11 aromatic rings. The van der Waals surface area contributed by atoms with E-state index in [1.54, 1.807) is 143 Å². The van der Waals surface area contributed by atoms with Crippen LogP contribution in [0.25, 0.3) is 33.4 Å². The lowest BCUT2D eigenvalue weighted by molar-refractivity contribution is -0.763. The number of carbonyl (C=O) groups is 5. The van der Waals surface area contributed by atoms with Crippen LogP contribution in [0.5, 0.6) is 51.7 Å². The van der Waals surface area contributed by atoms with E-state index in [2.05, 4.69) is 84.6 Å². The van der Waals surface area contributed by atoms with Crippen molar-refractivity contribution >= 4 is 154 Å². The summed E-state index contributed by atoms with van der Waals surface area (Å²) in [6, 6.07) is 47.7. The minimum absolute atomic E-state index is 0.0166. The Balaban J connectivity index is 0.000000221. The fourth-order valence-electron chi connectivity index (χ4n) is 16.7. The van der Waals surface area contributed by atoms with Crippen molar-refractivity contribution in [2.24, 2.45) is 5.73 Å². The molecule has 0 spiro atoms. The zero-order chi connectivity index (χ0) is 105. The number of aromatic carboxylic acids is 2. The van der Waals surface area contributed by atoms with Gasteiger partial charge in [0.2, 0.25) is 26.5 Å². The third-order valence-corrected chi connectivity index (χ3v) is 27.1. The van der Waals surface area contributed by atoms with Crippen molar-refractivity contribution in [3.63, 3.8) is 0 Å². The second-order valence-corrected chi connectivity index (χ2v) is 39.4. The number of rotatable bonds is 25. The van der Waals surface area contributed by atoms with Crippen molar-refractivity contribution in [2.75, 3.05) is 82.8 Å². The fourth-order valence-corrected chi connectivity index (χ4v) is 19.2. The van der Waals surface area contributed by atoms with Crippen LogP contribution in [0.1, 0.15) is 178 Å². The van der Waals surface area contributed by atoms with E-state index in [4.69, 9.17) is 74.4 Å². The number of benzene rings is 8. The molecule has 2 amide bonds. The predicted octanol–water partition coefficient (Wildman–Crippen LogP) is 23.3. The van der Waals surface area contributed by atoms with E-state index in [1.807, 2.05) is 138 Å². The van der Waals surface area contributed by atoms with Crippen LogP contribution in [0.15, 0.2) is 193 Å². The minimum Gasteiger partial charge on any atom is -0.493 e. The van der Waals surface area contributed by atoms with Crippen LogP contribution in [0.4, 0.5) is 0 Å². The number of halogens is 6. The van der Waals surface area contributed by atoms with Crippen molar-refractivity contribution in [1.29, 1.82) is 0 Å². The number of thioether (sulfide) groups is 3. The smallest absolute Gasteiger partial charge is 0.335 e. The normalized spacial score (nSPS) is 13.1. The van der Waals surface area contributed by atoms with Crippen molar-refractivity contribution in [3.05, 3.63) is 321 Å². The average Bonchev–Trinajstić information content (AvgIpc) is 1.59. The van der Waals surface area contributed by atoms with Crippen molar-refractivity contribution in [1.82, 2.24) is 10.6 Å². The maximum absolute atomic E-state index is 13.5. The lowest BCUT2D eigenvalue weighted by Crippen LogP contribution is -2.29. The molecule has 14 rings (SSSR count). The number of carboxylic acids is 2. The fraction of sp³-hybridized carbons (Fsp3) is 0.295. The third-order valence-electron chi connectivity index (χ3n) is 22.6. The number of aryl methyl sites for hydroxylation is 9. The van der Waals surface area contributed by atoms with Crippen LogP contribution in [0, 0.1) is 51.7 Å². The number of ether oxygens (including phenoxy) is 9. The molecule has 11 aromatic carbocycles. The largest absolute Gasteiger partial charge is 0.493 e. The number of nitrogens with one attached hydrogen (secondary N) is 2. The van der Waals surface area contributed by atoms with Crippen LogP contribution in [-0.2, 0) is 55.9 Å². The third kappa shape index (κ3) is 30.7. The quantitative estimate of drug-likeness (QED) is 0.0117. The molecule has 142 heavy (non-hydrogen) atoms. The maximum atomic E-state index is 13.5. The van der Waals surface area contributed by atoms with Gasteiger partial charge >= 0.3 is 11.9 Å². The zero-order valence-corrected chi connectivity index (χ0v) is 91.6. The highest BCUT2D eigenvalue weighted by Gasteiger charge is 2.34. The molecule has 27 nitrogen and oxygen atoms in total. The van der Waals surface area contributed by atoms with E-state index in [9.17, 15) is 48.5 Å². The Morgan fingerprint density at radius 2 is 0.697 bits per heavy atom. The second-order valence-electron chi connectivity index (χ2n) is 32.3. The summed E-state index contributed by atoms with van der Waals surface area (Å²) in [5.41, 5.74) is 27.9. The van der Waals surface area contributed by atoms with Gasteiger partial charge in [-0.15, -0.1) is 45.4 Å². The molecule has 0 heterocycles. The van der Waals surface area contributed by atoms with Gasteiger partial charge in [0, 0.05) is 76.8 Å². The van der Waals surface area contributed by atoms with Crippen LogP contribution in [0.2, 0.25) is 0 Å². The number of alkyl halides is 3. The highest BCUT2D eigenvalue weighted by atomic mass is 79.9. The van der Waals surface area contributed by atoms with Gasteiger partial charge in [0.25, 0.3) is 22.1 Å². The molecule has 0 fully saturated rings. The average molecular weight is 2270 g/mol. The first-order valence-corrected chi connectivity index (χ1v) is 53.8. The van der Waals surface area contributed by atoms with E-state index in [1.165, 1.54) is 42.4 Å². The molecule has 0 aromatic heterocycles. The molecule has 0 aliphatic heterocycles. The number of hydrogen-bond donors (Lipinski definition) is 5. The van der Waals surface area contributed by atoms with E-state index in [0.717, 1.165) is 129 Å². The maximum Gasteiger partial charge on any atom is 0.335 e. The van der Waals surface area contributed by atoms with E-state index in [-0.39, 0.29) is 46.8 Å². The molecule has 3 aliphatic rings. The zero-order valence-electron chi connectivity index (χ0n) is 81.3. The van der Waals surface area contributed by atoms with Crippen LogP contribution < -0.4 is 75.3 Å². The minimum atomic E-state index is -1.67. The molecule has 37 heteroatoms. The monoisotopic (exact) mass is 2260 g/mol. The first-order chi connectivity index (χ1) is 67.7. The molecule has 3 aliphatic carbocycles. The van der Waals surface area contributed by atoms with Gasteiger partial charge in [-0.25, -0.2) is 13.8 Å². The highest BCUT2D eigenvalue weighted by Crippen LogP contribution is 2.54. The van der Waals surface area contributed by atoms with Crippen LogP contribution >= 0.6 is 116 Å². The number of methoxy groups -OCH3 is 9. The molecule has 3 atom stereocenters. The summed E-state index contributed by atoms with van der Waals surface area (Å²) in [4.78, 5) is 115. The van der Waals surface area contributed by atoms with Gasteiger partial charge in [0.15, 0.2) is 50.8 Å². The number of fused-ring (bicyclic) bond motifs is 9. The van der Waals surface area contributed by atoms with Crippen molar-refractivity contribution in [2.45, 2.75) is 135 Å². The van der Waals surface area contributed by atoms with Gasteiger partial charge < -0.3 is 74.0 Å². The van der Waals surface area contributed by atoms with Gasteiger partial charge in [-0.3, -0.25) is 28.8 Å². The number of hydrogen-bond acceptors (Lipinski definition) is 25. The Kier molecular flexibility index (Phi) is 45.5. The molecular weight excluding hydrogens is 2160 g/mol. The number of carboxylic acid groups (broad SMARTS) is 2. The summed E-state index contributed by atoms with van der Waals surface area (Å²) in [5, 5.41) is 35.1. The number of nitrogens with zero attached hydrogens (tertiary/aromatic N) is 1. The number of carbonyl (C=O) groups excluding carboxylic acids is 3. The summed E-state index contributed by atoms with van der Waals surface area (Å²) in [6.45, 7) is 11.1. The molecular formula is C105H110Br3Cl3N4O23S4. The standard InChI is InChI=1S/C29H30BrNO5S.C29H30N2O8S.C20H23NO4S.C9H8BrClO.C9H9BrO2.C9H10O2.Cl2OS/c1-16-10-17(15-30)12-19(11-16)29(33)31-22-8-6-18-13-24(34-2)27(35-3)28(36-4)26(18)20-7-9-25(37-5)23(32)14-21(20)22;1-16-10-17(15-39-31(34)35)12-19(11-16)29(33)30-22-8-6-18-13-24(36-2)27(37-3)28(38-4)26(18)20-7-9-25(40-5)23(32)14-21(20)22;1-23-16-9-11-5-7-14(21)13-10-15(22)17(26-4)8-6-12(13)18(11)20(25-3)19(16)24-2;2*1-6-2-7(5-10)4-8(3-6)9(11)12;1-6-3-7(2)5-8(4-6)9(10)11;1-4(2)3/h7,9-14,22H,6,8,15H2,1-5H3,(H,31,33);7,9-14,22H,6,8,15H2,1-5H3,(H,30,33);6,8-10,14H,5,7,21H2,1-4H3;2-4H,5H2,1H3;2-4H,5H2,1H3,(H,11,12);3-5H,1-2H3,(H,10,11);/t2*22-;14-;;;;/m000..../s1. The van der Waals surface area contributed by atoms with Gasteiger partial charge in [-0.1, -0.05) is 119 Å². The predicted molar refractivity (Wildman–Crippen MR) is 575 cm³/mol. The van der Waals surface area contributed by atoms with Gasteiger partial charge in [0.05, 0.1) is 102 Å². The second kappa shape index (κ2) is 55.6. The topological polar surface area (TPSA) is 380 Å². The Morgan fingerprint density at radius 3 is 1.01 bits per heavy atom. The van der Waals surface area contributed by atoms with Crippen LogP contribution in [0.3, 0.4) is 0 Å². The van der Waals surface area contributed by atoms with E-state index >= 15 is 0 Å². The molecule has 0 bridgehead atoms. The summed E-state index contributed by atoms with van der Waals surface area (Å²) in [6.07, 6.45) is 9.37. The summed E-state index contributed by atoms with van der Waals surface area (Å²) < 4.78 is 60.0. The van der Waals surface area contributed by atoms with Gasteiger partial charge in [-0.2, -0.15) is 0 Å². The van der Waals surface area contributed by atoms with E-state index < -0.39 is 37.5 Å². The Morgan fingerprint density at radius 1 is 0.415 bits per heavy atom. The molecule has 6 N–H and O–H groups in total. The Hall–Kier alpha value is -11.2. The summed E-state index contributed by atoms with van der Waals surface area (Å²) in [5.74, 6) is 2.47. The van der Waals surface area contributed by atoms with E-state index in [0.29, 0.717) is 142 Å². The van der Waals surface area contributed by atoms with Gasteiger partial charge in [0.1, 0.15) is 6.61 Å². The molecule has 0 saturated carbocycles. The van der Waals surface area contributed by atoms with Crippen molar-refractivity contribution in [3.8, 4) is 85.1 Å². The first-order valence-electron chi connectivity index (χ1n) is 43.6. The molecule has 0 unspecified atom stereocenters. The lowest BCUT2D eigenvalue weighted by atomic mass is 9.95. The summed E-state index contributed by atoms with van der Waals surface area (Å²) >= 11 is 19.6. The van der Waals surface area contributed by atoms with Crippen molar-refractivity contribution < 1.29 is 91.0 Å². The van der Waals surface area contributed by atoms with Crippen LogP contribution in [-0.4, -0.2) is 131 Å². The number of amides is 2. The van der Waals surface area contributed by atoms with Gasteiger partial charge in [-0.05, 0) is 309 Å². The Bertz CT molecular complexity index is 6640. The first kappa shape index (κ1) is 116. The molecule has 0 radical (unpaired) electrons. The Labute approximate surface area is 879 Å². The molecule has 754 valence electrons. The lowest BCUT2D eigenvalue weighted by Gasteiger charge is -2.20. The summed E-state index contributed by atoms with van der Waals surface area (Å²) in [7, 11) is 21.6. The SMILES string of the molecule is COc1cc2c(c(OC)c1OC)-c1ccc(SC)c(=O)cc1[C@@H](N)CC2.COc1cc2c(c(OC)c1OC)-c1ccc(SC)c(=O)cc1[C@@H](NC(=O)c1cc(C)cc(CBr)c1)CC2.COc1cc2c(c(OC)c1OC)-c1ccc(SC)c(=O)cc1[C@@H](NC(=O)c1cc(C)cc(CO[N+](=O)[O-])c1)CC2.Cc1cc(C)cc(C(=O)O)c1.Cc1cc(CBr)cc(C(=O)Cl)c1.Cc1cc(CBr)cc(C(=O)O)c1.O=S(Cl)Cl. The number of nitrogens with two attached hydrogens (primary N) is 1. The highest BCUT2D eigenvalue weighted by molar-refractivity contribution is 9.09. The molecule has 0 saturated heterocycles.